The lowest BCUT2D eigenvalue weighted by molar-refractivity contribution is 0.0598. The van der Waals surface area contributed by atoms with Crippen molar-refractivity contribution in [3.63, 3.8) is 0 Å². The van der Waals surface area contributed by atoms with Crippen LogP contribution in [0.25, 0.3) is 5.82 Å². The number of halogens is 1. The Bertz CT molecular complexity index is 635. The molecule has 2 rings (SSSR count). The molecule has 0 saturated carbocycles. The third kappa shape index (κ3) is 2.13. The van der Waals surface area contributed by atoms with Crippen molar-refractivity contribution in [3.8, 4) is 5.82 Å². The fourth-order valence-electron chi connectivity index (χ4n) is 1.45. The van der Waals surface area contributed by atoms with Crippen LogP contribution in [-0.4, -0.2) is 22.6 Å². The van der Waals surface area contributed by atoms with Gasteiger partial charge in [-0.15, -0.1) is 0 Å². The normalized spacial score (nSPS) is 10.1. The molecule has 0 atom stereocenters. The van der Waals surface area contributed by atoms with Gasteiger partial charge in [0.05, 0.1) is 13.3 Å². The van der Waals surface area contributed by atoms with Gasteiger partial charge in [0, 0.05) is 6.20 Å². The number of hydrogen-bond donors (Lipinski definition) is 0. The van der Waals surface area contributed by atoms with Crippen LogP contribution in [0.4, 0.5) is 4.39 Å². The molecule has 5 nitrogen and oxygen atoms in total. The van der Waals surface area contributed by atoms with Gasteiger partial charge in [0.25, 0.3) is 5.56 Å². The Kier molecular flexibility index (Phi) is 3.18. The number of rotatable bonds is 2. The highest BCUT2D eigenvalue weighted by molar-refractivity contribution is 5.88. The number of carbonyl (C=O) groups excluding carboxylic acids is 1. The molecule has 2 aromatic rings. The molecule has 0 bridgehead atoms. The fraction of sp³-hybridized carbons (Fsp3) is 0.0833. The summed E-state index contributed by atoms with van der Waals surface area (Å²) in [4.78, 5) is 27.1. The topological polar surface area (TPSA) is 61.2 Å². The second-order valence-corrected chi connectivity index (χ2v) is 3.42. The van der Waals surface area contributed by atoms with Crippen LogP contribution >= 0.6 is 0 Å². The second kappa shape index (κ2) is 4.79. The lowest BCUT2D eigenvalue weighted by Crippen LogP contribution is -2.25. The van der Waals surface area contributed by atoms with E-state index in [0.717, 1.165) is 10.8 Å². The monoisotopic (exact) mass is 248 g/mol. The van der Waals surface area contributed by atoms with Crippen LogP contribution in [-0.2, 0) is 4.74 Å². The summed E-state index contributed by atoms with van der Waals surface area (Å²) in [6, 6.07) is 5.39. The minimum absolute atomic E-state index is 0.105. The maximum Gasteiger partial charge on any atom is 0.343 e. The number of ether oxygens (including phenoxy) is 1. The quantitative estimate of drug-likeness (QED) is 0.748. The maximum absolute atomic E-state index is 12.7. The predicted molar refractivity (Wildman–Crippen MR) is 61.1 cm³/mol. The van der Waals surface area contributed by atoms with Crippen LogP contribution in [0.3, 0.4) is 0 Å². The van der Waals surface area contributed by atoms with Crippen LogP contribution in [0.5, 0.6) is 0 Å². The molecular weight excluding hydrogens is 239 g/mol. The molecule has 0 aliphatic heterocycles. The van der Waals surface area contributed by atoms with Crippen LogP contribution < -0.4 is 5.56 Å². The van der Waals surface area contributed by atoms with E-state index in [9.17, 15) is 14.0 Å². The summed E-state index contributed by atoms with van der Waals surface area (Å²) in [5, 5.41) is 0. The van der Waals surface area contributed by atoms with Crippen molar-refractivity contribution in [1.82, 2.24) is 9.55 Å². The lowest BCUT2D eigenvalue weighted by Gasteiger charge is -2.05. The van der Waals surface area contributed by atoms with E-state index >= 15 is 0 Å². The Morgan fingerprint density at radius 3 is 2.78 bits per heavy atom. The molecule has 0 aliphatic rings. The fourth-order valence-corrected chi connectivity index (χ4v) is 1.45. The van der Waals surface area contributed by atoms with Crippen molar-refractivity contribution in [3.05, 3.63) is 58.4 Å². The Labute approximate surface area is 101 Å². The molecule has 92 valence electrons. The van der Waals surface area contributed by atoms with E-state index in [1.54, 1.807) is 0 Å². The van der Waals surface area contributed by atoms with Crippen LogP contribution in [0.15, 0.2) is 41.5 Å². The molecule has 0 spiro atoms. The smallest absolute Gasteiger partial charge is 0.343 e. The highest BCUT2D eigenvalue weighted by Crippen LogP contribution is 2.03. The van der Waals surface area contributed by atoms with Crippen LogP contribution in [0.1, 0.15) is 10.4 Å². The Hall–Kier alpha value is -2.50. The first-order valence-corrected chi connectivity index (χ1v) is 5.05. The Morgan fingerprint density at radius 2 is 2.17 bits per heavy atom. The summed E-state index contributed by atoms with van der Waals surface area (Å²) >= 11 is 0. The zero-order valence-corrected chi connectivity index (χ0v) is 9.46. The molecule has 0 amide bonds. The number of esters is 1. The molecule has 0 radical (unpaired) electrons. The molecule has 0 aromatic carbocycles. The van der Waals surface area contributed by atoms with E-state index in [4.69, 9.17) is 0 Å². The SMILES string of the molecule is COC(=O)c1cccn(-c2ccc(F)cn2)c1=O. The van der Waals surface area contributed by atoms with E-state index in [-0.39, 0.29) is 11.4 Å². The molecule has 0 saturated heterocycles. The minimum Gasteiger partial charge on any atom is -0.465 e. The van der Waals surface area contributed by atoms with Crippen molar-refractivity contribution in [2.24, 2.45) is 0 Å². The predicted octanol–water partition coefficient (Wildman–Crippen LogP) is 1.16. The summed E-state index contributed by atoms with van der Waals surface area (Å²) in [7, 11) is 1.19. The van der Waals surface area contributed by atoms with Crippen molar-refractivity contribution >= 4 is 5.97 Å². The largest absolute Gasteiger partial charge is 0.465 e. The van der Waals surface area contributed by atoms with Gasteiger partial charge in [-0.1, -0.05) is 0 Å². The average molecular weight is 248 g/mol. The second-order valence-electron chi connectivity index (χ2n) is 3.42. The van der Waals surface area contributed by atoms with E-state index in [1.165, 1.54) is 37.6 Å². The van der Waals surface area contributed by atoms with Gasteiger partial charge < -0.3 is 4.74 Å². The van der Waals surface area contributed by atoms with Gasteiger partial charge in [0.15, 0.2) is 0 Å². The van der Waals surface area contributed by atoms with Gasteiger partial charge in [-0.3, -0.25) is 9.36 Å². The van der Waals surface area contributed by atoms with Gasteiger partial charge in [-0.2, -0.15) is 0 Å². The number of methoxy groups -OCH3 is 1. The van der Waals surface area contributed by atoms with E-state index in [1.807, 2.05) is 0 Å². The number of pyridine rings is 2. The molecule has 6 heteroatoms. The van der Waals surface area contributed by atoms with E-state index in [0.29, 0.717) is 0 Å². The molecule has 0 N–H and O–H groups in total. The summed E-state index contributed by atoms with van der Waals surface area (Å²) in [6.07, 6.45) is 2.43. The number of carbonyl (C=O) groups is 1. The molecule has 2 heterocycles. The van der Waals surface area contributed by atoms with Crippen molar-refractivity contribution in [2.45, 2.75) is 0 Å². The van der Waals surface area contributed by atoms with Gasteiger partial charge in [-0.05, 0) is 24.3 Å². The molecule has 0 unspecified atom stereocenters. The number of aromatic nitrogens is 2. The zero-order valence-electron chi connectivity index (χ0n) is 9.46. The first-order chi connectivity index (χ1) is 8.63. The summed E-state index contributed by atoms with van der Waals surface area (Å²) in [5.41, 5.74) is -0.672. The molecular formula is C12H9FN2O3. The number of nitrogens with zero attached hydrogens (tertiary/aromatic N) is 2. The van der Waals surface area contributed by atoms with Gasteiger partial charge in [0.1, 0.15) is 17.2 Å². The zero-order chi connectivity index (χ0) is 13.1. The average Bonchev–Trinajstić information content (AvgIpc) is 2.39. The van der Waals surface area contributed by atoms with Gasteiger partial charge >= 0.3 is 5.97 Å². The third-order valence-electron chi connectivity index (χ3n) is 2.31. The first kappa shape index (κ1) is 12.0. The van der Waals surface area contributed by atoms with E-state index in [2.05, 4.69) is 9.72 Å². The van der Waals surface area contributed by atoms with E-state index < -0.39 is 17.3 Å². The Balaban J connectivity index is 2.56. The highest BCUT2D eigenvalue weighted by atomic mass is 19.1. The molecule has 0 fully saturated rings. The Morgan fingerprint density at radius 1 is 1.39 bits per heavy atom. The van der Waals surface area contributed by atoms with Crippen LogP contribution in [0.2, 0.25) is 0 Å². The third-order valence-corrected chi connectivity index (χ3v) is 2.31. The molecule has 18 heavy (non-hydrogen) atoms. The van der Waals surface area contributed by atoms with Gasteiger partial charge in [0.2, 0.25) is 0 Å². The maximum atomic E-state index is 12.7. The molecule has 2 aromatic heterocycles. The lowest BCUT2D eigenvalue weighted by atomic mass is 10.3. The highest BCUT2D eigenvalue weighted by Gasteiger charge is 2.13. The standard InChI is InChI=1S/C12H9FN2O3/c1-18-12(17)9-3-2-6-15(11(9)16)10-5-4-8(13)7-14-10/h2-7H,1H3. The first-order valence-electron chi connectivity index (χ1n) is 5.05. The number of hydrogen-bond acceptors (Lipinski definition) is 4. The van der Waals surface area contributed by atoms with Crippen LogP contribution in [0, 0.1) is 5.82 Å². The summed E-state index contributed by atoms with van der Waals surface area (Å²) in [6.45, 7) is 0. The van der Waals surface area contributed by atoms with Crippen molar-refractivity contribution < 1.29 is 13.9 Å². The van der Waals surface area contributed by atoms with Crippen molar-refractivity contribution in [2.75, 3.05) is 7.11 Å². The molecule has 0 aliphatic carbocycles. The van der Waals surface area contributed by atoms with Gasteiger partial charge in [-0.25, -0.2) is 14.2 Å². The van der Waals surface area contributed by atoms with Crippen molar-refractivity contribution in [1.29, 1.82) is 0 Å². The summed E-state index contributed by atoms with van der Waals surface area (Å²) in [5.74, 6) is -1.00. The minimum atomic E-state index is -0.725. The summed E-state index contributed by atoms with van der Waals surface area (Å²) < 4.78 is 18.4.